The largest absolute Gasteiger partial charge is 0.357 e. The molecule has 0 saturated heterocycles. The quantitative estimate of drug-likeness (QED) is 0.690. The first-order valence-electron chi connectivity index (χ1n) is 4.09. The first-order valence-corrected chi connectivity index (χ1v) is 4.09. The molecule has 0 bridgehead atoms. The Hall–Kier alpha value is -1.39. The minimum atomic E-state index is -0.196. The van der Waals surface area contributed by atoms with Crippen molar-refractivity contribution >= 4 is 12.2 Å². The predicted molar refractivity (Wildman–Crippen MR) is 50.0 cm³/mol. The van der Waals surface area contributed by atoms with Crippen molar-refractivity contribution < 1.29 is 4.79 Å². The van der Waals surface area contributed by atoms with E-state index < -0.39 is 0 Å². The fourth-order valence-corrected chi connectivity index (χ4v) is 1.20. The van der Waals surface area contributed by atoms with Crippen LogP contribution in [0.4, 0.5) is 5.95 Å². The van der Waals surface area contributed by atoms with Gasteiger partial charge >= 0.3 is 0 Å². The summed E-state index contributed by atoms with van der Waals surface area (Å²) in [4.78, 5) is 10.7. The number of aldehydes is 1. The van der Waals surface area contributed by atoms with Crippen molar-refractivity contribution in [3.8, 4) is 0 Å². The summed E-state index contributed by atoms with van der Waals surface area (Å²) in [5.74, 6) is 0.950. The van der Waals surface area contributed by atoms with Crippen molar-refractivity contribution in [2.75, 3.05) is 12.4 Å². The number of hydrogen-bond donors (Lipinski definition) is 1. The van der Waals surface area contributed by atoms with Crippen LogP contribution in [-0.4, -0.2) is 28.1 Å². The Labute approximate surface area is 77.2 Å². The van der Waals surface area contributed by atoms with Gasteiger partial charge in [-0.25, -0.2) is 0 Å². The SMILES string of the molecule is CNc1nnc(C=O)n1C(C)(C)C. The number of rotatable bonds is 2. The molecule has 0 spiro atoms. The summed E-state index contributed by atoms with van der Waals surface area (Å²) in [6, 6.07) is 0. The summed E-state index contributed by atoms with van der Waals surface area (Å²) in [5.41, 5.74) is -0.196. The molecule has 0 atom stereocenters. The van der Waals surface area contributed by atoms with E-state index in [1.54, 1.807) is 11.6 Å². The lowest BCUT2D eigenvalue weighted by Gasteiger charge is -2.23. The molecule has 0 aliphatic heterocycles. The van der Waals surface area contributed by atoms with Crippen molar-refractivity contribution in [2.45, 2.75) is 26.3 Å². The fourth-order valence-electron chi connectivity index (χ4n) is 1.20. The van der Waals surface area contributed by atoms with Crippen LogP contribution >= 0.6 is 0 Å². The number of anilines is 1. The molecule has 1 aromatic heterocycles. The third-order valence-electron chi connectivity index (χ3n) is 1.69. The fraction of sp³-hybridized carbons (Fsp3) is 0.625. The molecule has 0 saturated carbocycles. The van der Waals surface area contributed by atoms with Crippen molar-refractivity contribution in [2.24, 2.45) is 0 Å². The second-order valence-corrected chi connectivity index (χ2v) is 3.76. The summed E-state index contributed by atoms with van der Waals surface area (Å²) in [5, 5.41) is 10.5. The Balaban J connectivity index is 3.28. The second-order valence-electron chi connectivity index (χ2n) is 3.76. The van der Waals surface area contributed by atoms with Gasteiger partial charge in [-0.1, -0.05) is 0 Å². The highest BCUT2D eigenvalue weighted by Crippen LogP contribution is 2.20. The van der Waals surface area contributed by atoms with Crippen molar-refractivity contribution in [1.82, 2.24) is 14.8 Å². The van der Waals surface area contributed by atoms with Gasteiger partial charge in [0.2, 0.25) is 5.95 Å². The maximum atomic E-state index is 10.7. The molecule has 5 heteroatoms. The molecule has 0 aliphatic carbocycles. The van der Waals surface area contributed by atoms with Crippen LogP contribution in [0.3, 0.4) is 0 Å². The van der Waals surface area contributed by atoms with Crippen molar-refractivity contribution in [3.05, 3.63) is 5.82 Å². The van der Waals surface area contributed by atoms with Gasteiger partial charge in [-0.3, -0.25) is 9.36 Å². The maximum Gasteiger partial charge on any atom is 0.225 e. The Bertz CT molecular complexity index is 310. The Morgan fingerprint density at radius 2 is 2.00 bits per heavy atom. The lowest BCUT2D eigenvalue weighted by molar-refractivity contribution is 0.110. The van der Waals surface area contributed by atoms with E-state index in [1.165, 1.54) is 0 Å². The molecule has 0 amide bonds. The zero-order valence-corrected chi connectivity index (χ0v) is 8.33. The smallest absolute Gasteiger partial charge is 0.225 e. The number of aromatic nitrogens is 3. The van der Waals surface area contributed by atoms with E-state index in [2.05, 4.69) is 15.5 Å². The molecule has 72 valence electrons. The van der Waals surface area contributed by atoms with E-state index in [1.807, 2.05) is 20.8 Å². The van der Waals surface area contributed by atoms with E-state index in [9.17, 15) is 4.79 Å². The third-order valence-corrected chi connectivity index (χ3v) is 1.69. The van der Waals surface area contributed by atoms with Gasteiger partial charge in [0.15, 0.2) is 12.1 Å². The minimum absolute atomic E-state index is 0.196. The van der Waals surface area contributed by atoms with Gasteiger partial charge in [0.25, 0.3) is 0 Å². The average Bonchev–Trinajstić information content (AvgIpc) is 2.45. The summed E-state index contributed by atoms with van der Waals surface area (Å²) in [6.07, 6.45) is 0.707. The van der Waals surface area contributed by atoms with Crippen LogP contribution in [0.5, 0.6) is 0 Å². The molecular formula is C8H14N4O. The highest BCUT2D eigenvalue weighted by Gasteiger charge is 2.21. The zero-order chi connectivity index (χ0) is 10.1. The highest BCUT2D eigenvalue weighted by molar-refractivity contribution is 5.70. The number of nitrogens with zero attached hydrogens (tertiary/aromatic N) is 3. The van der Waals surface area contributed by atoms with Gasteiger partial charge < -0.3 is 5.32 Å². The van der Waals surface area contributed by atoms with Gasteiger partial charge in [0, 0.05) is 12.6 Å². The van der Waals surface area contributed by atoms with E-state index >= 15 is 0 Å². The number of carbonyl (C=O) groups excluding carboxylic acids is 1. The summed E-state index contributed by atoms with van der Waals surface area (Å²) in [7, 11) is 1.75. The normalized spacial score (nSPS) is 11.4. The van der Waals surface area contributed by atoms with Crippen LogP contribution < -0.4 is 5.32 Å². The van der Waals surface area contributed by atoms with Crippen LogP contribution in [-0.2, 0) is 5.54 Å². The zero-order valence-electron chi connectivity index (χ0n) is 8.33. The van der Waals surface area contributed by atoms with Crippen LogP contribution in [0.15, 0.2) is 0 Å². The molecule has 0 unspecified atom stereocenters. The van der Waals surface area contributed by atoms with E-state index in [4.69, 9.17) is 0 Å². The summed E-state index contributed by atoms with van der Waals surface area (Å²) in [6.45, 7) is 5.97. The number of nitrogens with one attached hydrogen (secondary N) is 1. The van der Waals surface area contributed by atoms with E-state index in [0.29, 0.717) is 18.1 Å². The predicted octanol–water partition coefficient (Wildman–Crippen LogP) is 0.887. The van der Waals surface area contributed by atoms with Crippen LogP contribution in [0.25, 0.3) is 0 Å². The lowest BCUT2D eigenvalue weighted by atomic mass is 10.1. The van der Waals surface area contributed by atoms with Gasteiger partial charge in [-0.05, 0) is 20.8 Å². The molecule has 13 heavy (non-hydrogen) atoms. The summed E-state index contributed by atoms with van der Waals surface area (Å²) < 4.78 is 1.76. The molecule has 1 rings (SSSR count). The van der Waals surface area contributed by atoms with Gasteiger partial charge in [-0.2, -0.15) is 0 Å². The molecule has 0 fully saturated rings. The van der Waals surface area contributed by atoms with Crippen LogP contribution in [0.1, 0.15) is 31.4 Å². The van der Waals surface area contributed by atoms with Crippen molar-refractivity contribution in [3.63, 3.8) is 0 Å². The summed E-state index contributed by atoms with van der Waals surface area (Å²) >= 11 is 0. The molecule has 1 aromatic rings. The minimum Gasteiger partial charge on any atom is -0.357 e. The van der Waals surface area contributed by atoms with Gasteiger partial charge in [-0.15, -0.1) is 10.2 Å². The second kappa shape index (κ2) is 3.16. The number of carbonyl (C=O) groups is 1. The van der Waals surface area contributed by atoms with Crippen molar-refractivity contribution in [1.29, 1.82) is 0 Å². The standard InChI is InChI=1S/C8H14N4O/c1-8(2,3)12-6(5-13)10-11-7(12)9-4/h5H,1-4H3,(H,9,11). The molecule has 1 N–H and O–H groups in total. The molecule has 0 radical (unpaired) electrons. The lowest BCUT2D eigenvalue weighted by Crippen LogP contribution is -2.25. The monoisotopic (exact) mass is 182 g/mol. The molecule has 0 aromatic carbocycles. The van der Waals surface area contributed by atoms with Crippen LogP contribution in [0.2, 0.25) is 0 Å². The van der Waals surface area contributed by atoms with E-state index in [0.717, 1.165) is 0 Å². The molecular weight excluding hydrogens is 168 g/mol. The third kappa shape index (κ3) is 1.68. The molecule has 1 heterocycles. The average molecular weight is 182 g/mol. The van der Waals surface area contributed by atoms with Gasteiger partial charge in [0.1, 0.15) is 0 Å². The topological polar surface area (TPSA) is 59.8 Å². The van der Waals surface area contributed by atoms with Crippen LogP contribution in [0, 0.1) is 0 Å². The first kappa shape index (κ1) is 9.70. The van der Waals surface area contributed by atoms with Gasteiger partial charge in [0.05, 0.1) is 0 Å². The first-order chi connectivity index (χ1) is 6.00. The number of hydrogen-bond acceptors (Lipinski definition) is 4. The Morgan fingerprint density at radius 1 is 1.38 bits per heavy atom. The Morgan fingerprint density at radius 3 is 2.38 bits per heavy atom. The van der Waals surface area contributed by atoms with E-state index in [-0.39, 0.29) is 5.54 Å². The highest BCUT2D eigenvalue weighted by atomic mass is 16.1. The molecule has 5 nitrogen and oxygen atoms in total. The maximum absolute atomic E-state index is 10.7. The molecule has 0 aliphatic rings. The Kier molecular flexibility index (Phi) is 2.36.